The molecule has 16 heavy (non-hydrogen) atoms. The highest BCUT2D eigenvalue weighted by Gasteiger charge is 2.43. The van der Waals surface area contributed by atoms with E-state index < -0.39 is 0 Å². The number of thioether (sulfide) groups is 1. The highest BCUT2D eigenvalue weighted by atomic mass is 32.2. The van der Waals surface area contributed by atoms with Gasteiger partial charge in [0.1, 0.15) is 0 Å². The van der Waals surface area contributed by atoms with Gasteiger partial charge < -0.3 is 11.1 Å². The van der Waals surface area contributed by atoms with Gasteiger partial charge in [0.05, 0.1) is 11.4 Å². The van der Waals surface area contributed by atoms with Crippen molar-refractivity contribution in [1.82, 2.24) is 0 Å². The van der Waals surface area contributed by atoms with Gasteiger partial charge >= 0.3 is 0 Å². The minimum absolute atomic E-state index is 0.0900. The van der Waals surface area contributed by atoms with E-state index in [0.29, 0.717) is 12.3 Å². The number of carbonyl (C=O) groups excluding carboxylic acids is 1. The second-order valence-corrected chi connectivity index (χ2v) is 5.55. The molecular weight excluding hydrogens is 220 g/mol. The van der Waals surface area contributed by atoms with Crippen LogP contribution in [0.1, 0.15) is 18.4 Å². The molecule has 1 aliphatic carbocycles. The van der Waals surface area contributed by atoms with Crippen molar-refractivity contribution in [3.63, 3.8) is 0 Å². The standard InChI is InChI=1S/C12H14N2OS/c13-7-12(3-4-12)8-1-2-10-9(5-8)14-11(15)6-16-10/h1-2,5H,3-4,6-7,13H2,(H,14,15). The average molecular weight is 234 g/mol. The Kier molecular flexibility index (Phi) is 2.23. The van der Waals surface area contributed by atoms with Crippen LogP contribution in [0.4, 0.5) is 5.69 Å². The van der Waals surface area contributed by atoms with E-state index in [1.54, 1.807) is 11.8 Å². The quantitative estimate of drug-likeness (QED) is 0.819. The summed E-state index contributed by atoms with van der Waals surface area (Å²) in [6.45, 7) is 0.701. The summed E-state index contributed by atoms with van der Waals surface area (Å²) in [6, 6.07) is 6.35. The molecule has 1 aromatic rings. The van der Waals surface area contributed by atoms with Gasteiger partial charge in [-0.15, -0.1) is 11.8 Å². The fourth-order valence-electron chi connectivity index (χ4n) is 2.17. The van der Waals surface area contributed by atoms with Crippen LogP contribution in [-0.4, -0.2) is 18.2 Å². The number of anilines is 1. The summed E-state index contributed by atoms with van der Waals surface area (Å²) in [5.74, 6) is 0.612. The SMILES string of the molecule is NCC1(c2ccc3c(c2)NC(=O)CS3)CC1. The van der Waals surface area contributed by atoms with E-state index in [2.05, 4.69) is 23.5 Å². The van der Waals surface area contributed by atoms with Crippen molar-refractivity contribution < 1.29 is 4.79 Å². The van der Waals surface area contributed by atoms with Crippen LogP contribution < -0.4 is 11.1 Å². The number of hydrogen-bond acceptors (Lipinski definition) is 3. The Balaban J connectivity index is 1.98. The molecule has 3 N–H and O–H groups in total. The molecule has 0 atom stereocenters. The van der Waals surface area contributed by atoms with E-state index >= 15 is 0 Å². The Bertz CT molecular complexity index is 454. The third kappa shape index (κ3) is 1.53. The monoisotopic (exact) mass is 234 g/mol. The van der Waals surface area contributed by atoms with Crippen molar-refractivity contribution >= 4 is 23.4 Å². The van der Waals surface area contributed by atoms with E-state index in [1.807, 2.05) is 0 Å². The minimum atomic E-state index is 0.0900. The lowest BCUT2D eigenvalue weighted by Crippen LogP contribution is -2.22. The van der Waals surface area contributed by atoms with Gasteiger partial charge in [0.25, 0.3) is 0 Å². The number of hydrogen-bond donors (Lipinski definition) is 2. The largest absolute Gasteiger partial charge is 0.330 e. The van der Waals surface area contributed by atoms with Crippen molar-refractivity contribution in [1.29, 1.82) is 0 Å². The van der Waals surface area contributed by atoms with Gasteiger partial charge in [-0.1, -0.05) is 6.07 Å². The topological polar surface area (TPSA) is 55.1 Å². The molecule has 3 rings (SSSR count). The van der Waals surface area contributed by atoms with Crippen molar-refractivity contribution in [2.45, 2.75) is 23.2 Å². The molecule has 1 aromatic carbocycles. The smallest absolute Gasteiger partial charge is 0.234 e. The van der Waals surface area contributed by atoms with Crippen LogP contribution in [0.2, 0.25) is 0 Å². The Hall–Kier alpha value is -1.000. The average Bonchev–Trinajstić information content (AvgIpc) is 3.09. The van der Waals surface area contributed by atoms with Gasteiger partial charge in [0.15, 0.2) is 0 Å². The molecule has 3 nitrogen and oxygen atoms in total. The van der Waals surface area contributed by atoms with E-state index in [1.165, 1.54) is 18.4 Å². The maximum atomic E-state index is 11.3. The number of fused-ring (bicyclic) bond motifs is 1. The summed E-state index contributed by atoms with van der Waals surface area (Å²) in [5.41, 5.74) is 8.24. The van der Waals surface area contributed by atoms with Crippen LogP contribution in [0.3, 0.4) is 0 Å². The van der Waals surface area contributed by atoms with Crippen molar-refractivity contribution in [3.8, 4) is 0 Å². The summed E-state index contributed by atoms with van der Waals surface area (Å²) in [6.07, 6.45) is 2.34. The number of benzene rings is 1. The Morgan fingerprint density at radius 2 is 2.25 bits per heavy atom. The first-order chi connectivity index (χ1) is 7.73. The predicted molar refractivity (Wildman–Crippen MR) is 65.8 cm³/mol. The van der Waals surface area contributed by atoms with Crippen LogP contribution in [0.25, 0.3) is 0 Å². The number of rotatable bonds is 2. The molecule has 1 heterocycles. The van der Waals surface area contributed by atoms with Gasteiger partial charge in [-0.05, 0) is 30.5 Å². The molecule has 0 bridgehead atoms. The maximum Gasteiger partial charge on any atom is 0.234 e. The molecule has 0 unspecified atom stereocenters. The Morgan fingerprint density at radius 1 is 1.44 bits per heavy atom. The third-order valence-corrected chi connectivity index (χ3v) is 4.54. The van der Waals surface area contributed by atoms with Gasteiger partial charge in [-0.25, -0.2) is 0 Å². The molecule has 0 radical (unpaired) electrons. The van der Waals surface area contributed by atoms with Crippen LogP contribution in [0, 0.1) is 0 Å². The zero-order valence-electron chi connectivity index (χ0n) is 8.95. The first kappa shape index (κ1) is 10.2. The molecular formula is C12H14N2OS. The lowest BCUT2D eigenvalue weighted by Gasteiger charge is -2.20. The molecule has 84 valence electrons. The van der Waals surface area contributed by atoms with Crippen LogP contribution in [0.15, 0.2) is 23.1 Å². The molecule has 2 aliphatic rings. The summed E-state index contributed by atoms with van der Waals surface area (Å²) in [7, 11) is 0. The fourth-order valence-corrected chi connectivity index (χ4v) is 2.96. The molecule has 1 amide bonds. The third-order valence-electron chi connectivity index (χ3n) is 3.47. The van der Waals surface area contributed by atoms with Crippen LogP contribution >= 0.6 is 11.8 Å². The second kappa shape index (κ2) is 3.50. The minimum Gasteiger partial charge on any atom is -0.330 e. The van der Waals surface area contributed by atoms with Gasteiger partial charge in [0.2, 0.25) is 5.91 Å². The molecule has 0 aromatic heterocycles. The Labute approximate surface area is 98.8 Å². The first-order valence-electron chi connectivity index (χ1n) is 5.51. The molecule has 0 saturated heterocycles. The van der Waals surface area contributed by atoms with Gasteiger partial charge in [-0.3, -0.25) is 4.79 Å². The van der Waals surface area contributed by atoms with Gasteiger partial charge in [0, 0.05) is 16.9 Å². The molecule has 1 saturated carbocycles. The van der Waals surface area contributed by atoms with E-state index in [4.69, 9.17) is 5.73 Å². The number of amides is 1. The second-order valence-electron chi connectivity index (χ2n) is 4.53. The number of nitrogens with two attached hydrogens (primary N) is 1. The van der Waals surface area contributed by atoms with E-state index in [-0.39, 0.29) is 11.3 Å². The summed E-state index contributed by atoms with van der Waals surface area (Å²) < 4.78 is 0. The lowest BCUT2D eigenvalue weighted by atomic mass is 9.96. The summed E-state index contributed by atoms with van der Waals surface area (Å²) in [5, 5.41) is 2.92. The predicted octanol–water partition coefficient (Wildman–Crippen LogP) is 1.72. The highest BCUT2D eigenvalue weighted by Crippen LogP contribution is 2.48. The molecule has 1 fully saturated rings. The maximum absolute atomic E-state index is 11.3. The number of carbonyl (C=O) groups is 1. The summed E-state index contributed by atoms with van der Waals surface area (Å²) >= 11 is 1.60. The normalized spacial score (nSPS) is 21.2. The lowest BCUT2D eigenvalue weighted by molar-refractivity contribution is -0.113. The van der Waals surface area contributed by atoms with Crippen molar-refractivity contribution in [2.24, 2.45) is 5.73 Å². The van der Waals surface area contributed by atoms with Crippen LogP contribution in [0.5, 0.6) is 0 Å². The molecule has 0 spiro atoms. The number of nitrogens with one attached hydrogen (secondary N) is 1. The van der Waals surface area contributed by atoms with E-state index in [9.17, 15) is 4.79 Å². The summed E-state index contributed by atoms with van der Waals surface area (Å²) in [4.78, 5) is 12.5. The highest BCUT2D eigenvalue weighted by molar-refractivity contribution is 8.00. The Morgan fingerprint density at radius 3 is 2.94 bits per heavy atom. The van der Waals surface area contributed by atoms with Crippen molar-refractivity contribution in [2.75, 3.05) is 17.6 Å². The first-order valence-corrected chi connectivity index (χ1v) is 6.49. The fraction of sp³-hybridized carbons (Fsp3) is 0.417. The molecule has 1 aliphatic heterocycles. The molecule has 4 heteroatoms. The van der Waals surface area contributed by atoms with E-state index in [0.717, 1.165) is 10.6 Å². The van der Waals surface area contributed by atoms with Crippen LogP contribution in [-0.2, 0) is 10.2 Å². The zero-order valence-corrected chi connectivity index (χ0v) is 9.77. The zero-order chi connectivity index (χ0) is 11.2. The van der Waals surface area contributed by atoms with Gasteiger partial charge in [-0.2, -0.15) is 0 Å². The van der Waals surface area contributed by atoms with Crippen molar-refractivity contribution in [3.05, 3.63) is 23.8 Å².